The molecule has 0 bridgehead atoms. The Balaban J connectivity index is 2.15. The normalized spacial score (nSPS) is 10.8. The second-order valence-electron chi connectivity index (χ2n) is 4.67. The number of anilines is 2. The number of aromatic nitrogens is 2. The van der Waals surface area contributed by atoms with Crippen molar-refractivity contribution in [2.75, 3.05) is 5.32 Å². The molecule has 0 aliphatic rings. The predicted molar refractivity (Wildman–Crippen MR) is 83.5 cm³/mol. The van der Waals surface area contributed by atoms with Crippen molar-refractivity contribution < 1.29 is 18.1 Å². The van der Waals surface area contributed by atoms with E-state index in [1.54, 1.807) is 0 Å². The maximum Gasteiger partial charge on any atom is 0.305 e. The van der Waals surface area contributed by atoms with Gasteiger partial charge in [-0.05, 0) is 22.0 Å². The van der Waals surface area contributed by atoms with Gasteiger partial charge < -0.3 is 5.32 Å². The topological polar surface area (TPSA) is 81.0 Å². The van der Waals surface area contributed by atoms with Crippen LogP contribution in [0.2, 0.25) is 0 Å². The number of nitro groups is 1. The van der Waals surface area contributed by atoms with Gasteiger partial charge in [-0.15, -0.1) is 0 Å². The molecule has 2 aromatic carbocycles. The first-order valence-corrected chi connectivity index (χ1v) is 7.16. The Labute approximate surface area is 140 Å². The average Bonchev–Trinajstić information content (AvgIpc) is 2.51. The molecule has 0 saturated carbocycles. The van der Waals surface area contributed by atoms with Crippen LogP contribution in [0.4, 0.5) is 30.4 Å². The summed E-state index contributed by atoms with van der Waals surface area (Å²) in [7, 11) is 0. The van der Waals surface area contributed by atoms with Crippen LogP contribution in [0, 0.1) is 27.6 Å². The standard InChI is InChI=1S/C14H6BrF3N4O2/c15-7-2-9(17)12(3-8(7)16)21-14-6-1-13(22(23)24)10(18)4-11(6)19-5-20-14/h1-5H,(H,19,20,21). The molecule has 122 valence electrons. The Morgan fingerprint density at radius 3 is 2.50 bits per heavy atom. The van der Waals surface area contributed by atoms with Crippen LogP contribution in [0.15, 0.2) is 35.1 Å². The van der Waals surface area contributed by atoms with Gasteiger partial charge in [-0.3, -0.25) is 10.1 Å². The number of benzene rings is 2. The molecular weight excluding hydrogens is 393 g/mol. The van der Waals surface area contributed by atoms with Crippen LogP contribution < -0.4 is 5.32 Å². The number of hydrogen-bond acceptors (Lipinski definition) is 5. The summed E-state index contributed by atoms with van der Waals surface area (Å²) in [5.41, 5.74) is -0.931. The van der Waals surface area contributed by atoms with Gasteiger partial charge in [-0.25, -0.2) is 18.7 Å². The summed E-state index contributed by atoms with van der Waals surface area (Å²) in [6, 6.07) is 3.62. The van der Waals surface area contributed by atoms with Crippen molar-refractivity contribution in [3.05, 3.63) is 62.6 Å². The summed E-state index contributed by atoms with van der Waals surface area (Å²) in [4.78, 5) is 17.6. The fourth-order valence-electron chi connectivity index (χ4n) is 2.05. The smallest absolute Gasteiger partial charge is 0.305 e. The lowest BCUT2D eigenvalue weighted by Gasteiger charge is -2.10. The van der Waals surface area contributed by atoms with Gasteiger partial charge in [0.1, 0.15) is 23.8 Å². The molecule has 0 fully saturated rings. The van der Waals surface area contributed by atoms with Gasteiger partial charge in [0.2, 0.25) is 5.82 Å². The molecule has 24 heavy (non-hydrogen) atoms. The van der Waals surface area contributed by atoms with Gasteiger partial charge in [0.05, 0.1) is 26.0 Å². The van der Waals surface area contributed by atoms with Crippen molar-refractivity contribution in [1.29, 1.82) is 0 Å². The maximum absolute atomic E-state index is 13.9. The van der Waals surface area contributed by atoms with E-state index in [0.29, 0.717) is 0 Å². The van der Waals surface area contributed by atoms with Gasteiger partial charge in [-0.2, -0.15) is 4.39 Å². The third-order valence-corrected chi connectivity index (χ3v) is 3.77. The molecule has 10 heteroatoms. The van der Waals surface area contributed by atoms with Crippen LogP contribution in [0.25, 0.3) is 10.9 Å². The second kappa shape index (κ2) is 6.04. The van der Waals surface area contributed by atoms with Crippen molar-refractivity contribution in [1.82, 2.24) is 9.97 Å². The van der Waals surface area contributed by atoms with Crippen LogP contribution in [0.1, 0.15) is 0 Å². The largest absolute Gasteiger partial charge is 0.337 e. The van der Waals surface area contributed by atoms with Crippen molar-refractivity contribution in [3.63, 3.8) is 0 Å². The molecule has 0 atom stereocenters. The van der Waals surface area contributed by atoms with Gasteiger partial charge in [0.25, 0.3) is 0 Å². The molecule has 1 aromatic heterocycles. The molecule has 1 heterocycles. The highest BCUT2D eigenvalue weighted by atomic mass is 79.9. The lowest BCUT2D eigenvalue weighted by molar-refractivity contribution is -0.387. The zero-order valence-electron chi connectivity index (χ0n) is 11.6. The minimum Gasteiger partial charge on any atom is -0.337 e. The zero-order valence-corrected chi connectivity index (χ0v) is 13.1. The third kappa shape index (κ3) is 2.87. The predicted octanol–water partition coefficient (Wildman–Crippen LogP) is 4.46. The Morgan fingerprint density at radius 2 is 1.79 bits per heavy atom. The number of rotatable bonds is 3. The van der Waals surface area contributed by atoms with E-state index >= 15 is 0 Å². The lowest BCUT2D eigenvalue weighted by Crippen LogP contribution is -2.01. The van der Waals surface area contributed by atoms with E-state index in [0.717, 1.165) is 30.6 Å². The van der Waals surface area contributed by atoms with Crippen LogP contribution in [-0.4, -0.2) is 14.9 Å². The Morgan fingerprint density at radius 1 is 1.04 bits per heavy atom. The fourth-order valence-corrected chi connectivity index (χ4v) is 2.37. The van der Waals surface area contributed by atoms with E-state index in [1.807, 2.05) is 0 Å². The number of hydrogen-bond donors (Lipinski definition) is 1. The molecule has 3 aromatic rings. The first kappa shape index (κ1) is 16.1. The molecule has 0 unspecified atom stereocenters. The molecule has 0 saturated heterocycles. The van der Waals surface area contributed by atoms with E-state index in [1.165, 1.54) is 0 Å². The monoisotopic (exact) mass is 398 g/mol. The quantitative estimate of drug-likeness (QED) is 0.400. The Hall–Kier alpha value is -2.75. The molecule has 3 rings (SSSR count). The van der Waals surface area contributed by atoms with E-state index in [2.05, 4.69) is 31.2 Å². The minimum atomic E-state index is -1.06. The summed E-state index contributed by atoms with van der Waals surface area (Å²) in [5.74, 6) is -2.57. The Kier molecular flexibility index (Phi) is 4.06. The number of fused-ring (bicyclic) bond motifs is 1. The van der Waals surface area contributed by atoms with Crippen LogP contribution in [-0.2, 0) is 0 Å². The first-order valence-electron chi connectivity index (χ1n) is 6.37. The van der Waals surface area contributed by atoms with Crippen molar-refractivity contribution >= 4 is 44.0 Å². The Bertz CT molecular complexity index is 984. The number of nitrogens with zero attached hydrogens (tertiary/aromatic N) is 3. The maximum atomic E-state index is 13.9. The summed E-state index contributed by atoms with van der Waals surface area (Å²) in [6.07, 6.45) is 1.07. The molecule has 0 aliphatic carbocycles. The lowest BCUT2D eigenvalue weighted by atomic mass is 10.2. The number of nitrogens with one attached hydrogen (secondary N) is 1. The highest BCUT2D eigenvalue weighted by Gasteiger charge is 2.18. The van der Waals surface area contributed by atoms with Crippen molar-refractivity contribution in [2.24, 2.45) is 0 Å². The second-order valence-corrected chi connectivity index (χ2v) is 5.53. The summed E-state index contributed by atoms with van der Waals surface area (Å²) >= 11 is 2.85. The number of nitro benzene ring substituents is 1. The highest BCUT2D eigenvalue weighted by molar-refractivity contribution is 9.10. The summed E-state index contributed by atoms with van der Waals surface area (Å²) < 4.78 is 41.1. The van der Waals surface area contributed by atoms with Gasteiger partial charge in [0, 0.05) is 18.2 Å². The summed E-state index contributed by atoms with van der Waals surface area (Å²) in [5, 5.41) is 13.5. The first-order chi connectivity index (χ1) is 11.4. The van der Waals surface area contributed by atoms with Gasteiger partial charge >= 0.3 is 5.69 Å². The van der Waals surface area contributed by atoms with E-state index < -0.39 is 28.1 Å². The SMILES string of the molecule is O=[N+]([O-])c1cc2c(Nc3cc(F)c(Br)cc3F)ncnc2cc1F. The minimum absolute atomic E-state index is 0.0243. The molecule has 0 spiro atoms. The van der Waals surface area contributed by atoms with Crippen LogP contribution >= 0.6 is 15.9 Å². The van der Waals surface area contributed by atoms with E-state index in [-0.39, 0.29) is 26.9 Å². The van der Waals surface area contributed by atoms with Gasteiger partial charge in [-0.1, -0.05) is 0 Å². The molecule has 0 aliphatic heterocycles. The molecule has 1 N–H and O–H groups in total. The van der Waals surface area contributed by atoms with Crippen LogP contribution in [0.3, 0.4) is 0 Å². The van der Waals surface area contributed by atoms with Crippen LogP contribution in [0.5, 0.6) is 0 Å². The number of halogens is 4. The van der Waals surface area contributed by atoms with Crippen molar-refractivity contribution in [3.8, 4) is 0 Å². The van der Waals surface area contributed by atoms with E-state index in [9.17, 15) is 23.3 Å². The third-order valence-electron chi connectivity index (χ3n) is 3.16. The van der Waals surface area contributed by atoms with E-state index in [4.69, 9.17) is 0 Å². The zero-order chi connectivity index (χ0) is 17.4. The molecule has 6 nitrogen and oxygen atoms in total. The molecular formula is C14H6BrF3N4O2. The molecule has 0 radical (unpaired) electrons. The summed E-state index contributed by atoms with van der Waals surface area (Å²) in [6.45, 7) is 0. The highest BCUT2D eigenvalue weighted by Crippen LogP contribution is 2.31. The fraction of sp³-hybridized carbons (Fsp3) is 0. The van der Waals surface area contributed by atoms with Crippen molar-refractivity contribution in [2.45, 2.75) is 0 Å². The average molecular weight is 399 g/mol. The van der Waals surface area contributed by atoms with Gasteiger partial charge in [0.15, 0.2) is 0 Å². The molecule has 0 amide bonds.